The summed E-state index contributed by atoms with van der Waals surface area (Å²) in [7, 11) is 3.32. The lowest BCUT2D eigenvalue weighted by molar-refractivity contribution is 0.0773. The van der Waals surface area contributed by atoms with E-state index in [1.807, 2.05) is 12.1 Å². The number of likely N-dealkylation sites (N-methyl/N-ethyl adjacent to an activating group) is 1. The normalized spacial score (nSPS) is 10.4. The van der Waals surface area contributed by atoms with Crippen molar-refractivity contribution in [3.05, 3.63) is 65.5 Å². The van der Waals surface area contributed by atoms with E-state index in [1.165, 1.54) is 6.07 Å². The molecule has 0 saturated carbocycles. The number of carbonyl (C=O) groups is 1. The Morgan fingerprint density at radius 2 is 1.83 bits per heavy atom. The average molecular weight is 317 g/mol. The SMILES string of the molecule is COCc1ccc(C(=O)N(C)CCOc2ccccc2F)cc1. The molecule has 122 valence electrons. The summed E-state index contributed by atoms with van der Waals surface area (Å²) in [5, 5.41) is 0. The van der Waals surface area contributed by atoms with Gasteiger partial charge in [-0.2, -0.15) is 0 Å². The number of rotatable bonds is 7. The molecule has 0 N–H and O–H groups in total. The number of halogens is 1. The minimum Gasteiger partial charge on any atom is -0.489 e. The van der Waals surface area contributed by atoms with Crippen LogP contribution in [0.4, 0.5) is 4.39 Å². The van der Waals surface area contributed by atoms with Crippen molar-refractivity contribution in [2.45, 2.75) is 6.61 Å². The third kappa shape index (κ3) is 4.79. The van der Waals surface area contributed by atoms with Crippen molar-refractivity contribution < 1.29 is 18.7 Å². The molecule has 2 rings (SSSR count). The monoisotopic (exact) mass is 317 g/mol. The molecule has 0 aliphatic heterocycles. The van der Waals surface area contributed by atoms with Gasteiger partial charge in [0, 0.05) is 19.7 Å². The van der Waals surface area contributed by atoms with Crippen molar-refractivity contribution in [1.29, 1.82) is 0 Å². The first-order valence-electron chi connectivity index (χ1n) is 7.32. The topological polar surface area (TPSA) is 38.8 Å². The zero-order valence-electron chi connectivity index (χ0n) is 13.3. The van der Waals surface area contributed by atoms with Gasteiger partial charge in [-0.1, -0.05) is 24.3 Å². The van der Waals surface area contributed by atoms with Gasteiger partial charge in [0.1, 0.15) is 6.61 Å². The van der Waals surface area contributed by atoms with Crippen LogP contribution >= 0.6 is 0 Å². The van der Waals surface area contributed by atoms with E-state index in [9.17, 15) is 9.18 Å². The Morgan fingerprint density at radius 3 is 2.48 bits per heavy atom. The molecule has 1 amide bonds. The van der Waals surface area contributed by atoms with Crippen molar-refractivity contribution in [3.63, 3.8) is 0 Å². The highest BCUT2D eigenvalue weighted by Gasteiger charge is 2.12. The Bertz CT molecular complexity index is 643. The summed E-state index contributed by atoms with van der Waals surface area (Å²) in [5.74, 6) is -0.321. The first-order chi connectivity index (χ1) is 11.1. The van der Waals surface area contributed by atoms with Crippen molar-refractivity contribution in [1.82, 2.24) is 4.90 Å². The molecule has 4 nitrogen and oxygen atoms in total. The molecule has 0 unspecified atom stereocenters. The molecule has 0 radical (unpaired) electrons. The van der Waals surface area contributed by atoms with Crippen LogP contribution in [0.3, 0.4) is 0 Å². The second-order valence-corrected chi connectivity index (χ2v) is 5.14. The number of hydrogen-bond acceptors (Lipinski definition) is 3. The maximum atomic E-state index is 13.4. The van der Waals surface area contributed by atoms with Crippen LogP contribution in [0.5, 0.6) is 5.75 Å². The van der Waals surface area contributed by atoms with E-state index in [2.05, 4.69) is 0 Å². The van der Waals surface area contributed by atoms with Crippen LogP contribution < -0.4 is 4.74 Å². The van der Waals surface area contributed by atoms with Crippen molar-refractivity contribution >= 4 is 5.91 Å². The standard InChI is InChI=1S/C18H20FNO3/c1-20(11-12-23-17-6-4-3-5-16(17)19)18(21)15-9-7-14(8-10-15)13-22-2/h3-10H,11-13H2,1-2H3. The summed E-state index contributed by atoms with van der Waals surface area (Å²) in [6.45, 7) is 1.11. The number of para-hydroxylation sites is 1. The maximum Gasteiger partial charge on any atom is 0.253 e. The number of nitrogens with zero attached hydrogens (tertiary/aromatic N) is 1. The quantitative estimate of drug-likeness (QED) is 0.787. The first-order valence-corrected chi connectivity index (χ1v) is 7.32. The lowest BCUT2D eigenvalue weighted by Crippen LogP contribution is -2.30. The fourth-order valence-corrected chi connectivity index (χ4v) is 2.09. The Hall–Kier alpha value is -2.40. The molecule has 0 fully saturated rings. The van der Waals surface area contributed by atoms with E-state index in [0.29, 0.717) is 18.7 Å². The molecule has 0 aromatic heterocycles. The van der Waals surface area contributed by atoms with Gasteiger partial charge >= 0.3 is 0 Å². The van der Waals surface area contributed by atoms with E-state index >= 15 is 0 Å². The van der Waals surface area contributed by atoms with Crippen LogP contribution in [-0.2, 0) is 11.3 Å². The molecule has 0 spiro atoms. The molecule has 0 aliphatic carbocycles. The van der Waals surface area contributed by atoms with Crippen LogP contribution in [0.15, 0.2) is 48.5 Å². The zero-order chi connectivity index (χ0) is 16.7. The zero-order valence-corrected chi connectivity index (χ0v) is 13.3. The van der Waals surface area contributed by atoms with E-state index in [4.69, 9.17) is 9.47 Å². The van der Waals surface area contributed by atoms with Gasteiger partial charge in [0.25, 0.3) is 5.91 Å². The fourth-order valence-electron chi connectivity index (χ4n) is 2.09. The number of benzene rings is 2. The second kappa shape index (κ2) is 8.29. The van der Waals surface area contributed by atoms with Gasteiger partial charge in [-0.15, -0.1) is 0 Å². The van der Waals surface area contributed by atoms with Gasteiger partial charge in [-0.05, 0) is 29.8 Å². The predicted octanol–water partition coefficient (Wildman–Crippen LogP) is 3.12. The lowest BCUT2D eigenvalue weighted by atomic mass is 10.1. The Morgan fingerprint density at radius 1 is 1.13 bits per heavy atom. The third-order valence-corrected chi connectivity index (χ3v) is 3.38. The van der Waals surface area contributed by atoms with Crippen LogP contribution in [0.2, 0.25) is 0 Å². The number of ether oxygens (including phenoxy) is 2. The Kier molecular flexibility index (Phi) is 6.11. The maximum absolute atomic E-state index is 13.4. The van der Waals surface area contributed by atoms with E-state index in [0.717, 1.165) is 5.56 Å². The van der Waals surface area contributed by atoms with Gasteiger partial charge in [-0.25, -0.2) is 4.39 Å². The predicted molar refractivity (Wildman–Crippen MR) is 86.0 cm³/mol. The number of amides is 1. The Balaban J connectivity index is 1.86. The number of methoxy groups -OCH3 is 1. The van der Waals surface area contributed by atoms with E-state index in [1.54, 1.807) is 49.4 Å². The molecule has 0 atom stereocenters. The Labute approximate surface area is 135 Å². The van der Waals surface area contributed by atoms with Gasteiger partial charge in [0.15, 0.2) is 11.6 Å². The highest BCUT2D eigenvalue weighted by Crippen LogP contribution is 2.15. The minimum atomic E-state index is -0.407. The summed E-state index contributed by atoms with van der Waals surface area (Å²) in [6.07, 6.45) is 0. The van der Waals surface area contributed by atoms with Crippen molar-refractivity contribution in [3.8, 4) is 5.75 Å². The number of hydrogen-bond donors (Lipinski definition) is 0. The molecule has 2 aromatic rings. The fraction of sp³-hybridized carbons (Fsp3) is 0.278. The summed E-state index contributed by atoms with van der Waals surface area (Å²) in [5.41, 5.74) is 1.60. The van der Waals surface area contributed by atoms with Crippen LogP contribution in [-0.4, -0.2) is 38.1 Å². The second-order valence-electron chi connectivity index (χ2n) is 5.14. The summed E-state index contributed by atoms with van der Waals surface area (Å²) in [6, 6.07) is 13.5. The lowest BCUT2D eigenvalue weighted by Gasteiger charge is -2.18. The third-order valence-electron chi connectivity index (χ3n) is 3.38. The minimum absolute atomic E-state index is 0.105. The molecule has 5 heteroatoms. The van der Waals surface area contributed by atoms with Crippen LogP contribution in [0.25, 0.3) is 0 Å². The van der Waals surface area contributed by atoms with Gasteiger partial charge in [0.2, 0.25) is 0 Å². The molecule has 0 bridgehead atoms. The largest absolute Gasteiger partial charge is 0.489 e. The average Bonchev–Trinajstić information content (AvgIpc) is 2.57. The molecule has 23 heavy (non-hydrogen) atoms. The summed E-state index contributed by atoms with van der Waals surface area (Å²) in [4.78, 5) is 13.8. The highest BCUT2D eigenvalue weighted by atomic mass is 19.1. The molecular weight excluding hydrogens is 297 g/mol. The summed E-state index contributed by atoms with van der Waals surface area (Å²) >= 11 is 0. The molecular formula is C18H20FNO3. The van der Waals surface area contributed by atoms with Crippen LogP contribution in [0, 0.1) is 5.82 Å². The molecule has 0 aliphatic rings. The molecule has 0 heterocycles. The smallest absolute Gasteiger partial charge is 0.253 e. The van der Waals surface area contributed by atoms with Crippen molar-refractivity contribution in [2.75, 3.05) is 27.3 Å². The number of carbonyl (C=O) groups excluding carboxylic acids is 1. The van der Waals surface area contributed by atoms with Crippen molar-refractivity contribution in [2.24, 2.45) is 0 Å². The van der Waals surface area contributed by atoms with Gasteiger partial charge in [0.05, 0.1) is 13.2 Å². The first kappa shape index (κ1) is 17.0. The highest BCUT2D eigenvalue weighted by molar-refractivity contribution is 5.94. The van der Waals surface area contributed by atoms with E-state index < -0.39 is 5.82 Å². The molecule has 0 saturated heterocycles. The van der Waals surface area contributed by atoms with Gasteiger partial charge in [-0.3, -0.25) is 4.79 Å². The van der Waals surface area contributed by atoms with Gasteiger partial charge < -0.3 is 14.4 Å². The summed E-state index contributed by atoms with van der Waals surface area (Å²) < 4.78 is 23.8. The van der Waals surface area contributed by atoms with Crippen LogP contribution in [0.1, 0.15) is 15.9 Å². The molecule has 2 aromatic carbocycles. The van der Waals surface area contributed by atoms with E-state index in [-0.39, 0.29) is 18.3 Å².